The summed E-state index contributed by atoms with van der Waals surface area (Å²) < 4.78 is 11.5. The van der Waals surface area contributed by atoms with Gasteiger partial charge in [0, 0.05) is 13.1 Å². The molecule has 4 nitrogen and oxygen atoms in total. The topological polar surface area (TPSA) is 28.9 Å². The maximum absolute atomic E-state index is 5.89. The van der Waals surface area contributed by atoms with Crippen LogP contribution in [-0.2, 0) is 11.2 Å². The Morgan fingerprint density at radius 2 is 1.55 bits per heavy atom. The molecule has 0 radical (unpaired) electrons. The minimum Gasteiger partial charge on any atom is -0.468 e. The van der Waals surface area contributed by atoms with Gasteiger partial charge in [-0.05, 0) is 94.6 Å². The monoisotopic (exact) mass is 452 g/mol. The fraction of sp³-hybridized carbons (Fsp3) is 0.655. The van der Waals surface area contributed by atoms with E-state index in [-0.39, 0.29) is 0 Å². The quantitative estimate of drug-likeness (QED) is 0.355. The molecule has 2 saturated heterocycles. The van der Waals surface area contributed by atoms with E-state index in [0.717, 1.165) is 38.0 Å². The van der Waals surface area contributed by atoms with Crippen LogP contribution in [-0.4, -0.2) is 55.7 Å². The number of benzene rings is 1. The number of nitrogens with zero attached hydrogens (tertiary/aromatic N) is 2. The highest BCUT2D eigenvalue weighted by Gasteiger charge is 2.25. The molecule has 4 rings (SSSR count). The summed E-state index contributed by atoms with van der Waals surface area (Å²) in [7, 11) is 0. The highest BCUT2D eigenvalue weighted by Crippen LogP contribution is 2.31. The predicted molar refractivity (Wildman–Crippen MR) is 135 cm³/mol. The first-order chi connectivity index (χ1) is 16.4. The first-order valence-electron chi connectivity index (χ1n) is 13.5. The van der Waals surface area contributed by atoms with E-state index in [9.17, 15) is 0 Å². The van der Waals surface area contributed by atoms with Crippen molar-refractivity contribution in [3.63, 3.8) is 0 Å². The summed E-state index contributed by atoms with van der Waals surface area (Å²) in [5.74, 6) is 1.94. The number of rotatable bonds is 13. The zero-order chi connectivity index (χ0) is 22.6. The number of likely N-dealkylation sites (tertiary alicyclic amines) is 1. The second kappa shape index (κ2) is 13.9. The Labute approximate surface area is 201 Å². The summed E-state index contributed by atoms with van der Waals surface area (Å²) in [4.78, 5) is 5.28. The third-order valence-electron chi connectivity index (χ3n) is 7.66. The molecule has 182 valence electrons. The zero-order valence-corrected chi connectivity index (χ0v) is 20.5. The van der Waals surface area contributed by atoms with Crippen LogP contribution in [0.3, 0.4) is 0 Å². The fourth-order valence-electron chi connectivity index (χ4n) is 5.73. The highest BCUT2D eigenvalue weighted by atomic mass is 16.5. The van der Waals surface area contributed by atoms with Crippen LogP contribution in [0, 0.1) is 5.92 Å². The van der Waals surface area contributed by atoms with Crippen LogP contribution in [0.4, 0.5) is 0 Å². The summed E-state index contributed by atoms with van der Waals surface area (Å²) in [5.41, 5.74) is 1.48. The van der Waals surface area contributed by atoms with Crippen LogP contribution >= 0.6 is 0 Å². The van der Waals surface area contributed by atoms with E-state index < -0.39 is 0 Å². The second-order valence-corrected chi connectivity index (χ2v) is 10.0. The predicted octanol–water partition coefficient (Wildman–Crippen LogP) is 6.34. The standard InChI is InChI=1S/C29H44N2O2/c1-3-10-26(11-4-1)12-7-13-27(14-8-20-30-18-5-2-6-19-30)16-17-28(29-15-9-23-33-29)31-21-24-32-25-22-31/h1,3-4,9-11,15,23,27-28H,2,5-8,12-14,16-22,24-25H2. The molecule has 0 aliphatic carbocycles. The third-order valence-corrected chi connectivity index (χ3v) is 7.66. The Kier molecular flexibility index (Phi) is 10.3. The Morgan fingerprint density at radius 3 is 2.30 bits per heavy atom. The van der Waals surface area contributed by atoms with Crippen LogP contribution in [0.1, 0.15) is 75.2 Å². The van der Waals surface area contributed by atoms with Crippen molar-refractivity contribution >= 4 is 0 Å². The molecule has 0 spiro atoms. The molecule has 3 heterocycles. The van der Waals surface area contributed by atoms with Gasteiger partial charge in [0.2, 0.25) is 0 Å². The largest absolute Gasteiger partial charge is 0.468 e. The lowest BCUT2D eigenvalue weighted by Crippen LogP contribution is -2.39. The lowest BCUT2D eigenvalue weighted by molar-refractivity contribution is 0.00793. The molecule has 1 aromatic carbocycles. The molecule has 4 heteroatoms. The van der Waals surface area contributed by atoms with Crippen LogP contribution in [0.2, 0.25) is 0 Å². The number of hydrogen-bond donors (Lipinski definition) is 0. The average molecular weight is 453 g/mol. The molecule has 0 saturated carbocycles. The SMILES string of the molecule is c1ccc(CCCC(CCCN2CCCCC2)CCC(c2ccco2)N2CCOCC2)cc1. The molecular weight excluding hydrogens is 408 g/mol. The lowest BCUT2D eigenvalue weighted by atomic mass is 9.88. The van der Waals surface area contributed by atoms with Crippen LogP contribution in [0.5, 0.6) is 0 Å². The number of ether oxygens (including phenoxy) is 1. The molecular formula is C29H44N2O2. The molecule has 0 amide bonds. The van der Waals surface area contributed by atoms with E-state index in [1.54, 1.807) is 0 Å². The first-order valence-corrected chi connectivity index (χ1v) is 13.5. The van der Waals surface area contributed by atoms with Gasteiger partial charge in [-0.15, -0.1) is 0 Å². The normalized spacial score (nSPS) is 20.0. The molecule has 0 N–H and O–H groups in total. The summed E-state index contributed by atoms with van der Waals surface area (Å²) in [6.45, 7) is 7.63. The first kappa shape index (κ1) is 24.5. The van der Waals surface area contributed by atoms with E-state index in [2.05, 4.69) is 46.2 Å². The van der Waals surface area contributed by atoms with Crippen molar-refractivity contribution in [2.24, 2.45) is 5.92 Å². The minimum atomic E-state index is 0.391. The number of morpholine rings is 1. The van der Waals surface area contributed by atoms with Gasteiger partial charge >= 0.3 is 0 Å². The van der Waals surface area contributed by atoms with E-state index in [0.29, 0.717) is 6.04 Å². The Hall–Kier alpha value is -1.62. The Bertz CT molecular complexity index is 736. The van der Waals surface area contributed by atoms with Crippen LogP contribution in [0.15, 0.2) is 53.1 Å². The smallest absolute Gasteiger partial charge is 0.120 e. The molecule has 1 aromatic heterocycles. The van der Waals surface area contributed by atoms with E-state index in [1.807, 2.05) is 12.3 Å². The molecule has 2 atom stereocenters. The molecule has 2 fully saturated rings. The van der Waals surface area contributed by atoms with E-state index in [4.69, 9.17) is 9.15 Å². The second-order valence-electron chi connectivity index (χ2n) is 10.0. The third kappa shape index (κ3) is 8.27. The highest BCUT2D eigenvalue weighted by molar-refractivity contribution is 5.14. The van der Waals surface area contributed by atoms with Gasteiger partial charge in [-0.1, -0.05) is 43.2 Å². The number of hydrogen-bond acceptors (Lipinski definition) is 4. The number of piperidine rings is 1. The van der Waals surface area contributed by atoms with Gasteiger partial charge in [-0.3, -0.25) is 4.90 Å². The molecule has 2 aromatic rings. The van der Waals surface area contributed by atoms with E-state index >= 15 is 0 Å². The van der Waals surface area contributed by atoms with E-state index in [1.165, 1.54) is 89.4 Å². The van der Waals surface area contributed by atoms with Crippen molar-refractivity contribution in [3.8, 4) is 0 Å². The number of aryl methyl sites for hydroxylation is 1. The lowest BCUT2D eigenvalue weighted by Gasteiger charge is -2.34. The summed E-state index contributed by atoms with van der Waals surface area (Å²) in [6.07, 6.45) is 15.1. The van der Waals surface area contributed by atoms with Gasteiger partial charge in [0.1, 0.15) is 5.76 Å². The summed E-state index contributed by atoms with van der Waals surface area (Å²) in [6, 6.07) is 15.6. The average Bonchev–Trinajstić information content (AvgIpc) is 3.40. The minimum absolute atomic E-state index is 0.391. The maximum atomic E-state index is 5.89. The number of furan rings is 1. The Balaban J connectivity index is 1.31. The molecule has 2 aliphatic heterocycles. The fourth-order valence-corrected chi connectivity index (χ4v) is 5.73. The maximum Gasteiger partial charge on any atom is 0.120 e. The van der Waals surface area contributed by atoms with Crippen molar-refractivity contribution in [2.45, 2.75) is 70.3 Å². The van der Waals surface area contributed by atoms with Gasteiger partial charge in [-0.2, -0.15) is 0 Å². The van der Waals surface area contributed by atoms with Gasteiger partial charge < -0.3 is 14.1 Å². The van der Waals surface area contributed by atoms with Crippen molar-refractivity contribution in [1.29, 1.82) is 0 Å². The molecule has 0 bridgehead atoms. The van der Waals surface area contributed by atoms with Gasteiger partial charge in [0.25, 0.3) is 0 Å². The van der Waals surface area contributed by atoms with Crippen molar-refractivity contribution in [1.82, 2.24) is 9.80 Å². The van der Waals surface area contributed by atoms with Gasteiger partial charge in [0.05, 0.1) is 25.5 Å². The Morgan fingerprint density at radius 1 is 0.758 bits per heavy atom. The molecule has 33 heavy (non-hydrogen) atoms. The molecule has 2 aliphatic rings. The molecule has 2 unspecified atom stereocenters. The van der Waals surface area contributed by atoms with Crippen molar-refractivity contribution < 1.29 is 9.15 Å². The zero-order valence-electron chi connectivity index (χ0n) is 20.5. The van der Waals surface area contributed by atoms with Crippen LogP contribution < -0.4 is 0 Å². The van der Waals surface area contributed by atoms with Crippen molar-refractivity contribution in [2.75, 3.05) is 45.9 Å². The van der Waals surface area contributed by atoms with Gasteiger partial charge in [0.15, 0.2) is 0 Å². The summed E-state index contributed by atoms with van der Waals surface area (Å²) in [5, 5.41) is 0. The summed E-state index contributed by atoms with van der Waals surface area (Å²) >= 11 is 0. The van der Waals surface area contributed by atoms with Gasteiger partial charge in [-0.25, -0.2) is 0 Å². The van der Waals surface area contributed by atoms with Crippen molar-refractivity contribution in [3.05, 3.63) is 60.1 Å². The van der Waals surface area contributed by atoms with Crippen LogP contribution in [0.25, 0.3) is 0 Å².